The fourth-order valence-corrected chi connectivity index (χ4v) is 6.83. The smallest absolute Gasteiger partial charge is 0.306 e. The number of ketones is 3. The minimum Gasteiger partial charge on any atom is -0.466 e. The van der Waals surface area contributed by atoms with E-state index >= 15 is 0 Å². The van der Waals surface area contributed by atoms with Gasteiger partial charge in [0.1, 0.15) is 47.9 Å². The Bertz CT molecular complexity index is 1820. The van der Waals surface area contributed by atoms with E-state index in [1.165, 1.54) is 20.8 Å². The number of aliphatic hydroxyl groups excluding tert-OH is 9. The second-order valence-electron chi connectivity index (χ2n) is 20.7. The first-order chi connectivity index (χ1) is 41.1. The molecule has 3 rings (SSSR count). The van der Waals surface area contributed by atoms with E-state index in [2.05, 4.69) is 0 Å². The highest BCUT2D eigenvalue weighted by atomic mass is 16.8. The summed E-state index contributed by atoms with van der Waals surface area (Å²) in [7, 11) is 0. The molecule has 0 aromatic carbocycles. The lowest BCUT2D eigenvalue weighted by atomic mass is 10.1. The van der Waals surface area contributed by atoms with E-state index in [9.17, 15) is 43.2 Å². The van der Waals surface area contributed by atoms with Gasteiger partial charge in [-0.3, -0.25) is 28.8 Å². The van der Waals surface area contributed by atoms with Crippen LogP contribution in [-0.2, 0) is 100.0 Å². The summed E-state index contributed by atoms with van der Waals surface area (Å²) < 4.78 is 63.2. The molecule has 524 valence electrons. The van der Waals surface area contributed by atoms with Crippen LogP contribution in [0.4, 0.5) is 0 Å². The molecule has 0 aromatic heterocycles. The van der Waals surface area contributed by atoms with Crippen molar-refractivity contribution in [1.82, 2.24) is 0 Å². The van der Waals surface area contributed by atoms with E-state index in [0.29, 0.717) is 77.6 Å². The molecule has 3 heterocycles. The molecule has 0 aliphatic carbocycles. The van der Waals surface area contributed by atoms with E-state index in [0.717, 1.165) is 0 Å². The van der Waals surface area contributed by atoms with Crippen LogP contribution in [0.2, 0.25) is 0 Å². The highest BCUT2D eigenvalue weighted by Crippen LogP contribution is 2.30. The number of hydrogen-bond acceptors (Lipinski definition) is 30. The van der Waals surface area contributed by atoms with Crippen molar-refractivity contribution >= 4 is 53.2 Å². The molecule has 0 aromatic rings. The Morgan fingerprint density at radius 3 is 0.697 bits per heavy atom. The zero-order valence-corrected chi connectivity index (χ0v) is 52.5. The molecule has 0 bridgehead atoms. The van der Waals surface area contributed by atoms with Crippen molar-refractivity contribution in [3.05, 3.63) is 0 Å². The zero-order valence-electron chi connectivity index (χ0n) is 52.5. The SMILES string of the molecule is CC(=O)CCC(=O)OCCCCOC(=O)CCC(C)=O.CC(=O)CCC(=O)OCCCCOC(=O)CCC1(C)OCC(CO)O1.CC1(CCC(=O)OCCCCOC(=O)CCC2(C)OCC(CO)O2)OCC(CO)O1.O.O.OCC(O)CO.OCC(O)CO. The summed E-state index contributed by atoms with van der Waals surface area (Å²) >= 11 is 0. The summed E-state index contributed by atoms with van der Waals surface area (Å²) in [5.74, 6) is -4.94. The van der Waals surface area contributed by atoms with Crippen molar-refractivity contribution < 1.29 is 157 Å². The molecule has 32 heteroatoms. The fraction of sp³-hybridized carbons (Fsp3) is 0.842. The fourth-order valence-electron chi connectivity index (χ4n) is 6.83. The summed E-state index contributed by atoms with van der Waals surface area (Å²) in [4.78, 5) is 101. The number of Topliss-reactive ketones (excluding diaryl/α,β-unsaturated/α-hetero) is 3. The number of ether oxygens (including phenoxy) is 12. The molecule has 0 saturated carbocycles. The van der Waals surface area contributed by atoms with Gasteiger partial charge in [-0.05, 0) is 80.1 Å². The Morgan fingerprint density at radius 2 is 0.551 bits per heavy atom. The van der Waals surface area contributed by atoms with Crippen molar-refractivity contribution in [1.29, 1.82) is 0 Å². The first kappa shape index (κ1) is 90.6. The molecule has 3 aliphatic rings. The highest BCUT2D eigenvalue weighted by molar-refractivity contribution is 5.82. The molecular weight excluding hydrogens is 1200 g/mol. The maximum absolute atomic E-state index is 11.8. The van der Waals surface area contributed by atoms with Gasteiger partial charge in [-0.25, -0.2) is 0 Å². The lowest BCUT2D eigenvalue weighted by Crippen LogP contribution is -2.28. The van der Waals surface area contributed by atoms with Crippen molar-refractivity contribution in [3.8, 4) is 0 Å². The average molecular weight is 1300 g/mol. The molecule has 13 N–H and O–H groups in total. The predicted octanol–water partition coefficient (Wildman–Crippen LogP) is -1.61. The number of esters is 6. The topological polar surface area (TPSA) is 509 Å². The first-order valence-corrected chi connectivity index (χ1v) is 29.1. The van der Waals surface area contributed by atoms with Crippen molar-refractivity contribution in [3.63, 3.8) is 0 Å². The van der Waals surface area contributed by atoms with Gasteiger partial charge in [0.25, 0.3) is 0 Å². The van der Waals surface area contributed by atoms with Crippen molar-refractivity contribution in [2.45, 2.75) is 205 Å². The van der Waals surface area contributed by atoms with Gasteiger partial charge in [-0.2, -0.15) is 0 Å². The number of rotatable bonds is 40. The molecule has 89 heavy (non-hydrogen) atoms. The minimum atomic E-state index is -0.954. The third kappa shape index (κ3) is 52.5. The molecule has 3 aliphatic heterocycles. The molecule has 3 fully saturated rings. The lowest BCUT2D eigenvalue weighted by molar-refractivity contribution is -0.170. The van der Waals surface area contributed by atoms with Gasteiger partial charge in [0.05, 0.1) is 144 Å². The standard InChI is InChI=1S/C20H34O10.C17H28O8.C14H22O6.2C3H8O3.2H2O/c1-19(27-13-15(11-21)29-19)7-5-17(23)25-9-3-4-10-26-18(24)6-8-20(2)28-14-16(12-22)30-20;1-13(19)5-6-15(20)22-9-3-4-10-23-16(21)7-8-17(2)24-12-14(11-18)25-17;1-11(15)5-7-13(17)19-9-3-4-10-20-14(18)8-6-12(2)16;2*4-1-3(6)2-5;;/h15-16,21-22H,3-14H2,1-2H3;14,18H,3-12H2,1-2H3;3-10H2,1-2H3;2*3-6H,1-2H2;2*1H2. The van der Waals surface area contributed by atoms with E-state index in [1.54, 1.807) is 20.8 Å². The van der Waals surface area contributed by atoms with Crippen LogP contribution in [0, 0.1) is 0 Å². The Labute approximate surface area is 519 Å². The molecule has 6 atom stereocenters. The normalized spacial score (nSPS) is 20.4. The Morgan fingerprint density at radius 1 is 0.360 bits per heavy atom. The lowest BCUT2D eigenvalue weighted by Gasteiger charge is -2.22. The maximum Gasteiger partial charge on any atom is 0.306 e. The second kappa shape index (κ2) is 54.8. The number of carbonyl (C=O) groups is 9. The zero-order chi connectivity index (χ0) is 66.1. The summed E-state index contributed by atoms with van der Waals surface area (Å²) in [6, 6.07) is 0. The minimum absolute atomic E-state index is 0. The van der Waals surface area contributed by atoms with Gasteiger partial charge in [0.15, 0.2) is 17.4 Å². The molecule has 3 saturated heterocycles. The van der Waals surface area contributed by atoms with E-state index in [1.807, 2.05) is 0 Å². The van der Waals surface area contributed by atoms with Crippen LogP contribution >= 0.6 is 0 Å². The number of unbranched alkanes of at least 4 members (excludes halogenated alkanes) is 3. The summed E-state index contributed by atoms with van der Waals surface area (Å²) in [5.41, 5.74) is 0. The molecule has 32 nitrogen and oxygen atoms in total. The summed E-state index contributed by atoms with van der Waals surface area (Å²) in [6.45, 7) is 10.1. The van der Waals surface area contributed by atoms with Crippen LogP contribution in [-0.4, -0.2) is 264 Å². The quantitative estimate of drug-likeness (QED) is 0.0189. The van der Waals surface area contributed by atoms with Crippen LogP contribution < -0.4 is 0 Å². The third-order valence-corrected chi connectivity index (χ3v) is 12.0. The van der Waals surface area contributed by atoms with Gasteiger partial charge in [-0.1, -0.05) is 0 Å². The second-order valence-corrected chi connectivity index (χ2v) is 20.7. The van der Waals surface area contributed by atoms with Crippen LogP contribution in [0.1, 0.15) is 157 Å². The van der Waals surface area contributed by atoms with Crippen molar-refractivity contribution in [2.24, 2.45) is 0 Å². The van der Waals surface area contributed by atoms with Gasteiger partial charge in [0, 0.05) is 38.5 Å². The van der Waals surface area contributed by atoms with E-state index in [-0.39, 0.29) is 208 Å². The Balaban J connectivity index is -0.000000558. The maximum atomic E-state index is 11.8. The van der Waals surface area contributed by atoms with Crippen molar-refractivity contribution in [2.75, 3.05) is 106 Å². The molecule has 0 amide bonds. The largest absolute Gasteiger partial charge is 0.466 e. The molecule has 6 unspecified atom stereocenters. The average Bonchev–Trinajstić information content (AvgIpc) is 2.55. The Kier molecular flexibility index (Phi) is 55.8. The summed E-state index contributed by atoms with van der Waals surface area (Å²) in [5, 5.41) is 75.2. The predicted molar refractivity (Wildman–Crippen MR) is 307 cm³/mol. The van der Waals surface area contributed by atoms with Crippen LogP contribution in [0.5, 0.6) is 0 Å². The van der Waals surface area contributed by atoms with E-state index in [4.69, 9.17) is 103 Å². The van der Waals surface area contributed by atoms with Gasteiger partial charge < -0.3 is 128 Å². The summed E-state index contributed by atoms with van der Waals surface area (Å²) in [6.07, 6.45) is 3.00. The molecule has 0 spiro atoms. The van der Waals surface area contributed by atoms with Crippen LogP contribution in [0.15, 0.2) is 0 Å². The molecular formula is C57H104O32. The Hall–Kier alpha value is -4.85. The monoisotopic (exact) mass is 1300 g/mol. The first-order valence-electron chi connectivity index (χ1n) is 29.1. The van der Waals surface area contributed by atoms with Gasteiger partial charge in [0.2, 0.25) is 0 Å². The van der Waals surface area contributed by atoms with Crippen LogP contribution in [0.3, 0.4) is 0 Å². The van der Waals surface area contributed by atoms with E-state index < -0.39 is 47.5 Å². The molecule has 0 radical (unpaired) electrons. The van der Waals surface area contributed by atoms with Crippen LogP contribution in [0.25, 0.3) is 0 Å². The van der Waals surface area contributed by atoms with Gasteiger partial charge in [-0.15, -0.1) is 0 Å². The number of carbonyl (C=O) groups excluding carboxylic acids is 9. The number of aliphatic hydroxyl groups is 9. The van der Waals surface area contributed by atoms with Gasteiger partial charge >= 0.3 is 35.8 Å². The number of hydrogen-bond donors (Lipinski definition) is 9. The third-order valence-electron chi connectivity index (χ3n) is 12.0. The highest BCUT2D eigenvalue weighted by Gasteiger charge is 2.39.